The van der Waals surface area contributed by atoms with Crippen LogP contribution in [0.2, 0.25) is 0 Å². The Labute approximate surface area is 131 Å². The fourth-order valence-corrected chi connectivity index (χ4v) is 2.82. The van der Waals surface area contributed by atoms with Gasteiger partial charge >= 0.3 is 0 Å². The first-order chi connectivity index (χ1) is 10.7. The van der Waals surface area contributed by atoms with E-state index < -0.39 is 0 Å². The standard InChI is InChI=1S/C17H24N2O3/c1-2-16(21)19-11-4-3-5-15(19)17(22)18-14-8-6-13(7-9-14)10-12-20/h6-9,15,20H,2-5,10-12H2,1H3,(H,18,22). The number of anilines is 1. The van der Waals surface area contributed by atoms with Crippen LogP contribution < -0.4 is 5.32 Å². The molecular weight excluding hydrogens is 280 g/mol. The minimum absolute atomic E-state index is 0.0399. The lowest BCUT2D eigenvalue weighted by Gasteiger charge is -2.34. The number of hydrogen-bond donors (Lipinski definition) is 2. The first kappa shape index (κ1) is 16.5. The molecule has 0 bridgehead atoms. The van der Waals surface area contributed by atoms with Crippen LogP contribution in [0.15, 0.2) is 24.3 Å². The van der Waals surface area contributed by atoms with Gasteiger partial charge in [0.05, 0.1) is 0 Å². The number of aliphatic hydroxyl groups is 1. The Kier molecular flexibility index (Phi) is 5.95. The van der Waals surface area contributed by atoms with Crippen molar-refractivity contribution in [3.8, 4) is 0 Å². The second-order valence-electron chi connectivity index (χ2n) is 5.61. The predicted molar refractivity (Wildman–Crippen MR) is 85.5 cm³/mol. The molecule has 0 radical (unpaired) electrons. The highest BCUT2D eigenvalue weighted by Gasteiger charge is 2.31. The summed E-state index contributed by atoms with van der Waals surface area (Å²) < 4.78 is 0. The van der Waals surface area contributed by atoms with Gasteiger partial charge in [0.2, 0.25) is 11.8 Å². The van der Waals surface area contributed by atoms with Gasteiger partial charge in [0.25, 0.3) is 0 Å². The van der Waals surface area contributed by atoms with E-state index in [2.05, 4.69) is 5.32 Å². The maximum absolute atomic E-state index is 12.5. The fraction of sp³-hybridized carbons (Fsp3) is 0.529. The highest BCUT2D eigenvalue weighted by Crippen LogP contribution is 2.20. The molecule has 1 aliphatic heterocycles. The highest BCUT2D eigenvalue weighted by molar-refractivity contribution is 5.97. The SMILES string of the molecule is CCC(=O)N1CCCCC1C(=O)Nc1ccc(CCO)cc1. The van der Waals surface area contributed by atoms with Crippen LogP contribution in [0.4, 0.5) is 5.69 Å². The molecule has 1 aromatic rings. The number of carbonyl (C=O) groups is 2. The molecule has 0 spiro atoms. The second kappa shape index (κ2) is 7.94. The third-order valence-electron chi connectivity index (χ3n) is 4.05. The number of carbonyl (C=O) groups excluding carboxylic acids is 2. The molecule has 2 amide bonds. The Morgan fingerprint density at radius 1 is 1.27 bits per heavy atom. The zero-order valence-corrected chi connectivity index (χ0v) is 13.0. The van der Waals surface area contributed by atoms with Gasteiger partial charge in [-0.3, -0.25) is 9.59 Å². The Morgan fingerprint density at radius 2 is 2.00 bits per heavy atom. The van der Waals surface area contributed by atoms with Crippen molar-refractivity contribution in [3.05, 3.63) is 29.8 Å². The van der Waals surface area contributed by atoms with E-state index in [-0.39, 0.29) is 24.5 Å². The monoisotopic (exact) mass is 304 g/mol. The van der Waals surface area contributed by atoms with Crippen LogP contribution in [-0.2, 0) is 16.0 Å². The Bertz CT molecular complexity index is 513. The summed E-state index contributed by atoms with van der Waals surface area (Å²) in [5, 5.41) is 11.8. The molecule has 22 heavy (non-hydrogen) atoms. The van der Waals surface area contributed by atoms with E-state index in [9.17, 15) is 9.59 Å². The third-order valence-corrected chi connectivity index (χ3v) is 4.05. The molecule has 0 aliphatic carbocycles. The zero-order valence-electron chi connectivity index (χ0n) is 13.0. The third kappa shape index (κ3) is 4.07. The molecule has 5 nitrogen and oxygen atoms in total. The molecule has 1 heterocycles. The average Bonchev–Trinajstić information content (AvgIpc) is 2.56. The Morgan fingerprint density at radius 3 is 2.64 bits per heavy atom. The Hall–Kier alpha value is -1.88. The molecule has 1 atom stereocenters. The molecule has 2 N–H and O–H groups in total. The molecule has 1 unspecified atom stereocenters. The second-order valence-corrected chi connectivity index (χ2v) is 5.61. The van der Waals surface area contributed by atoms with Crippen LogP contribution in [0, 0.1) is 0 Å². The van der Waals surface area contributed by atoms with Gasteiger partial charge in [-0.2, -0.15) is 0 Å². The number of amides is 2. The van der Waals surface area contributed by atoms with Crippen LogP contribution in [-0.4, -0.2) is 41.0 Å². The van der Waals surface area contributed by atoms with Crippen molar-refractivity contribution < 1.29 is 14.7 Å². The summed E-state index contributed by atoms with van der Waals surface area (Å²) in [6.07, 6.45) is 3.70. The summed E-state index contributed by atoms with van der Waals surface area (Å²) in [4.78, 5) is 26.1. The lowest BCUT2D eigenvalue weighted by atomic mass is 10.0. The van der Waals surface area contributed by atoms with Crippen molar-refractivity contribution in [3.63, 3.8) is 0 Å². The van der Waals surface area contributed by atoms with E-state index in [4.69, 9.17) is 5.11 Å². The largest absolute Gasteiger partial charge is 0.396 e. The molecule has 0 saturated carbocycles. The number of aliphatic hydroxyl groups excluding tert-OH is 1. The maximum atomic E-state index is 12.5. The van der Waals surface area contributed by atoms with Gasteiger partial charge in [-0.15, -0.1) is 0 Å². The first-order valence-corrected chi connectivity index (χ1v) is 7.96. The van der Waals surface area contributed by atoms with Crippen LogP contribution in [0.5, 0.6) is 0 Å². The number of hydrogen-bond acceptors (Lipinski definition) is 3. The summed E-state index contributed by atoms with van der Waals surface area (Å²) in [5.74, 6) is -0.0745. The van der Waals surface area contributed by atoms with Crippen molar-refractivity contribution in [2.75, 3.05) is 18.5 Å². The smallest absolute Gasteiger partial charge is 0.247 e. The number of nitrogens with zero attached hydrogens (tertiary/aromatic N) is 1. The van der Waals surface area contributed by atoms with Crippen molar-refractivity contribution in [2.45, 2.75) is 45.1 Å². The van der Waals surface area contributed by atoms with Gasteiger partial charge in [0, 0.05) is 25.3 Å². The molecule has 2 rings (SSSR count). The zero-order chi connectivity index (χ0) is 15.9. The van der Waals surface area contributed by atoms with Crippen LogP contribution in [0.3, 0.4) is 0 Å². The van der Waals surface area contributed by atoms with Crippen LogP contribution >= 0.6 is 0 Å². The van der Waals surface area contributed by atoms with Gasteiger partial charge in [-0.1, -0.05) is 19.1 Å². The molecular formula is C17H24N2O3. The molecule has 5 heteroatoms. The summed E-state index contributed by atoms with van der Waals surface area (Å²) in [6.45, 7) is 2.61. The predicted octanol–water partition coefficient (Wildman–Crippen LogP) is 1.95. The number of nitrogens with one attached hydrogen (secondary N) is 1. The van der Waals surface area contributed by atoms with Crippen molar-refractivity contribution in [2.24, 2.45) is 0 Å². The van der Waals surface area contributed by atoms with Gasteiger partial charge in [-0.25, -0.2) is 0 Å². The summed E-state index contributed by atoms with van der Waals surface area (Å²) in [6, 6.07) is 7.08. The number of benzene rings is 1. The summed E-state index contributed by atoms with van der Waals surface area (Å²) in [7, 11) is 0. The number of likely N-dealkylation sites (tertiary alicyclic amines) is 1. The lowest BCUT2D eigenvalue weighted by molar-refractivity contribution is -0.140. The quantitative estimate of drug-likeness (QED) is 0.873. The van der Waals surface area contributed by atoms with Gasteiger partial charge < -0.3 is 15.3 Å². The average molecular weight is 304 g/mol. The minimum atomic E-state index is -0.363. The topological polar surface area (TPSA) is 69.6 Å². The molecule has 120 valence electrons. The van der Waals surface area contributed by atoms with Gasteiger partial charge in [0.1, 0.15) is 6.04 Å². The Balaban J connectivity index is 2.01. The van der Waals surface area contributed by atoms with E-state index in [1.54, 1.807) is 4.90 Å². The summed E-state index contributed by atoms with van der Waals surface area (Å²) in [5.41, 5.74) is 1.75. The molecule has 1 saturated heterocycles. The van der Waals surface area contributed by atoms with E-state index in [1.165, 1.54) is 0 Å². The van der Waals surface area contributed by atoms with Crippen LogP contribution in [0.1, 0.15) is 38.2 Å². The fourth-order valence-electron chi connectivity index (χ4n) is 2.82. The molecule has 1 fully saturated rings. The summed E-state index contributed by atoms with van der Waals surface area (Å²) >= 11 is 0. The number of piperidine rings is 1. The van der Waals surface area contributed by atoms with Crippen molar-refractivity contribution in [1.82, 2.24) is 4.90 Å². The molecule has 1 aromatic carbocycles. The molecule has 1 aliphatic rings. The van der Waals surface area contributed by atoms with E-state index >= 15 is 0 Å². The number of rotatable bonds is 5. The van der Waals surface area contributed by atoms with E-state index in [0.29, 0.717) is 19.4 Å². The van der Waals surface area contributed by atoms with Gasteiger partial charge in [-0.05, 0) is 43.4 Å². The minimum Gasteiger partial charge on any atom is -0.396 e. The molecule has 0 aromatic heterocycles. The first-order valence-electron chi connectivity index (χ1n) is 7.96. The van der Waals surface area contributed by atoms with Crippen LogP contribution in [0.25, 0.3) is 0 Å². The van der Waals surface area contributed by atoms with E-state index in [0.717, 1.165) is 30.5 Å². The van der Waals surface area contributed by atoms with Crippen molar-refractivity contribution >= 4 is 17.5 Å². The highest BCUT2D eigenvalue weighted by atomic mass is 16.3. The van der Waals surface area contributed by atoms with E-state index in [1.807, 2.05) is 31.2 Å². The lowest BCUT2D eigenvalue weighted by Crippen LogP contribution is -2.49. The van der Waals surface area contributed by atoms with Gasteiger partial charge in [0.15, 0.2) is 0 Å². The maximum Gasteiger partial charge on any atom is 0.247 e. The van der Waals surface area contributed by atoms with Crippen molar-refractivity contribution in [1.29, 1.82) is 0 Å². The normalized spacial score (nSPS) is 18.1.